The maximum absolute atomic E-state index is 13.3. The van der Waals surface area contributed by atoms with Gasteiger partial charge in [-0.25, -0.2) is 23.3 Å². The van der Waals surface area contributed by atoms with Crippen LogP contribution >= 0.6 is 0 Å². The molecule has 138 valence electrons. The first-order valence-corrected chi connectivity index (χ1v) is 8.68. The van der Waals surface area contributed by atoms with Gasteiger partial charge in [-0.05, 0) is 38.0 Å². The van der Waals surface area contributed by atoms with Crippen LogP contribution in [0.3, 0.4) is 0 Å². The molecule has 0 spiro atoms. The number of anilines is 1. The van der Waals surface area contributed by atoms with Gasteiger partial charge in [0.15, 0.2) is 0 Å². The number of fused-ring (bicyclic) bond motifs is 1. The van der Waals surface area contributed by atoms with E-state index in [4.69, 9.17) is 0 Å². The van der Waals surface area contributed by atoms with Crippen molar-refractivity contribution in [1.82, 2.24) is 24.6 Å². The summed E-state index contributed by atoms with van der Waals surface area (Å²) in [6.07, 6.45) is 0.325. The van der Waals surface area contributed by atoms with Gasteiger partial charge in [0.05, 0.1) is 11.3 Å². The molecule has 3 aromatic heterocycles. The van der Waals surface area contributed by atoms with Crippen molar-refractivity contribution in [2.24, 2.45) is 0 Å². The standard InChI is InChI=1S/C18H17F2N7/c1-11-4-5-12(8-21)17(24-11)26-6-2-3-13(9-26)15-7-14(16(19)20)25-18-22-10-23-27(15)18/h4-5,7,10,13,16H,2-3,6,9H2,1H3/t13-/m0/s1. The molecule has 1 atom stereocenters. The average molecular weight is 369 g/mol. The lowest BCUT2D eigenvalue weighted by Gasteiger charge is -2.34. The number of hydrogen-bond donors (Lipinski definition) is 0. The van der Waals surface area contributed by atoms with Crippen molar-refractivity contribution in [3.05, 3.63) is 47.2 Å². The number of rotatable bonds is 3. The fourth-order valence-electron chi connectivity index (χ4n) is 3.54. The van der Waals surface area contributed by atoms with E-state index in [1.165, 1.54) is 16.9 Å². The molecule has 7 nitrogen and oxygen atoms in total. The highest BCUT2D eigenvalue weighted by atomic mass is 19.3. The quantitative estimate of drug-likeness (QED) is 0.706. The van der Waals surface area contributed by atoms with E-state index in [-0.39, 0.29) is 17.4 Å². The Balaban J connectivity index is 1.72. The monoisotopic (exact) mass is 369 g/mol. The topological polar surface area (TPSA) is 83.0 Å². The van der Waals surface area contributed by atoms with E-state index in [1.54, 1.807) is 12.1 Å². The lowest BCUT2D eigenvalue weighted by Crippen LogP contribution is -2.36. The smallest absolute Gasteiger partial charge is 0.280 e. The molecule has 9 heteroatoms. The Labute approximate surface area is 154 Å². The molecule has 4 rings (SSSR count). The molecular weight excluding hydrogens is 352 g/mol. The first kappa shape index (κ1) is 17.3. The molecule has 3 aromatic rings. The Bertz CT molecular complexity index is 1020. The van der Waals surface area contributed by atoms with Crippen molar-refractivity contribution in [1.29, 1.82) is 5.26 Å². The maximum Gasteiger partial charge on any atom is 0.280 e. The van der Waals surface area contributed by atoms with Gasteiger partial charge in [0.1, 0.15) is 23.9 Å². The molecular formula is C18H17F2N7. The van der Waals surface area contributed by atoms with Gasteiger partial charge in [-0.1, -0.05) is 0 Å². The fourth-order valence-corrected chi connectivity index (χ4v) is 3.54. The number of pyridine rings is 1. The summed E-state index contributed by atoms with van der Waals surface area (Å²) in [5.41, 5.74) is 1.70. The number of piperidine rings is 1. The van der Waals surface area contributed by atoms with Crippen LogP contribution in [-0.2, 0) is 0 Å². The molecule has 0 saturated carbocycles. The van der Waals surface area contributed by atoms with Crippen LogP contribution in [0.1, 0.15) is 47.8 Å². The number of aryl methyl sites for hydroxylation is 1. The Morgan fingerprint density at radius 3 is 2.93 bits per heavy atom. The van der Waals surface area contributed by atoms with Crippen LogP contribution in [0.5, 0.6) is 0 Å². The molecule has 0 aromatic carbocycles. The van der Waals surface area contributed by atoms with E-state index in [1.807, 2.05) is 11.8 Å². The van der Waals surface area contributed by atoms with E-state index in [0.717, 1.165) is 25.1 Å². The molecule has 1 saturated heterocycles. The maximum atomic E-state index is 13.3. The second-order valence-electron chi connectivity index (χ2n) is 6.60. The van der Waals surface area contributed by atoms with Crippen molar-refractivity contribution < 1.29 is 8.78 Å². The first-order chi connectivity index (χ1) is 13.1. The molecule has 1 aliphatic heterocycles. The van der Waals surface area contributed by atoms with Gasteiger partial charge in [-0.2, -0.15) is 15.3 Å². The summed E-state index contributed by atoms with van der Waals surface area (Å²) in [6.45, 7) is 3.20. The van der Waals surface area contributed by atoms with Crippen LogP contribution in [0.4, 0.5) is 14.6 Å². The van der Waals surface area contributed by atoms with Crippen LogP contribution in [0, 0.1) is 18.3 Å². The predicted molar refractivity (Wildman–Crippen MR) is 93.6 cm³/mol. The highest BCUT2D eigenvalue weighted by Gasteiger charge is 2.27. The molecule has 0 N–H and O–H groups in total. The van der Waals surface area contributed by atoms with Gasteiger partial charge in [0.25, 0.3) is 12.2 Å². The van der Waals surface area contributed by atoms with E-state index >= 15 is 0 Å². The van der Waals surface area contributed by atoms with Crippen LogP contribution in [0.25, 0.3) is 5.78 Å². The SMILES string of the molecule is Cc1ccc(C#N)c(N2CCC[C@H](c3cc(C(F)F)nc4ncnn34)C2)n1. The van der Waals surface area contributed by atoms with Crippen LogP contribution in [0.2, 0.25) is 0 Å². The van der Waals surface area contributed by atoms with Crippen molar-refractivity contribution in [2.45, 2.75) is 32.1 Å². The highest BCUT2D eigenvalue weighted by Crippen LogP contribution is 2.32. The second-order valence-corrected chi connectivity index (χ2v) is 6.60. The van der Waals surface area contributed by atoms with Crippen LogP contribution in [0.15, 0.2) is 24.5 Å². The Morgan fingerprint density at radius 2 is 2.15 bits per heavy atom. The summed E-state index contributed by atoms with van der Waals surface area (Å²) < 4.78 is 28.0. The Kier molecular flexibility index (Phi) is 4.39. The van der Waals surface area contributed by atoms with Crippen molar-refractivity contribution in [2.75, 3.05) is 18.0 Å². The molecule has 1 fully saturated rings. The van der Waals surface area contributed by atoms with E-state index in [0.29, 0.717) is 23.6 Å². The number of aromatic nitrogens is 5. The molecule has 0 aliphatic carbocycles. The summed E-state index contributed by atoms with van der Waals surface area (Å²) in [7, 11) is 0. The largest absolute Gasteiger partial charge is 0.355 e. The fraction of sp³-hybridized carbons (Fsp3) is 0.389. The van der Waals surface area contributed by atoms with Crippen molar-refractivity contribution >= 4 is 11.6 Å². The third-order valence-corrected chi connectivity index (χ3v) is 4.80. The normalized spacial score (nSPS) is 17.4. The van der Waals surface area contributed by atoms with Gasteiger partial charge in [0, 0.05) is 24.7 Å². The molecule has 4 heterocycles. The summed E-state index contributed by atoms with van der Waals surface area (Å²) in [5.74, 6) is 0.767. The minimum Gasteiger partial charge on any atom is -0.355 e. The molecule has 27 heavy (non-hydrogen) atoms. The molecule has 0 bridgehead atoms. The number of hydrogen-bond acceptors (Lipinski definition) is 6. The summed E-state index contributed by atoms with van der Waals surface area (Å²) in [6, 6.07) is 7.16. The summed E-state index contributed by atoms with van der Waals surface area (Å²) in [4.78, 5) is 14.4. The molecule has 1 aliphatic rings. The lowest BCUT2D eigenvalue weighted by atomic mass is 9.93. The van der Waals surface area contributed by atoms with Gasteiger partial charge in [-0.3, -0.25) is 0 Å². The third kappa shape index (κ3) is 3.18. The van der Waals surface area contributed by atoms with Crippen LogP contribution < -0.4 is 4.90 Å². The Morgan fingerprint density at radius 1 is 1.30 bits per heavy atom. The molecule has 0 unspecified atom stereocenters. The van der Waals surface area contributed by atoms with Crippen molar-refractivity contribution in [3.63, 3.8) is 0 Å². The molecule has 0 amide bonds. The summed E-state index contributed by atoms with van der Waals surface area (Å²) >= 11 is 0. The number of nitriles is 1. The van der Waals surface area contributed by atoms with E-state index in [2.05, 4.69) is 26.1 Å². The zero-order valence-electron chi connectivity index (χ0n) is 14.7. The summed E-state index contributed by atoms with van der Waals surface area (Å²) in [5, 5.41) is 13.6. The van der Waals surface area contributed by atoms with Gasteiger partial charge in [-0.15, -0.1) is 0 Å². The molecule has 0 radical (unpaired) electrons. The second kappa shape index (κ2) is 6.87. The van der Waals surface area contributed by atoms with Crippen LogP contribution in [-0.4, -0.2) is 37.7 Å². The van der Waals surface area contributed by atoms with Crippen molar-refractivity contribution in [3.8, 4) is 6.07 Å². The number of halogens is 2. The van der Waals surface area contributed by atoms with Gasteiger partial charge >= 0.3 is 0 Å². The lowest BCUT2D eigenvalue weighted by molar-refractivity contribution is 0.146. The zero-order chi connectivity index (χ0) is 19.0. The first-order valence-electron chi connectivity index (χ1n) is 8.68. The van der Waals surface area contributed by atoms with Gasteiger partial charge < -0.3 is 4.90 Å². The highest BCUT2D eigenvalue weighted by molar-refractivity contribution is 5.55. The zero-order valence-corrected chi connectivity index (χ0v) is 14.7. The number of alkyl halides is 2. The van der Waals surface area contributed by atoms with E-state index in [9.17, 15) is 14.0 Å². The minimum atomic E-state index is -2.67. The minimum absolute atomic E-state index is 0.0442. The predicted octanol–water partition coefficient (Wildman–Crippen LogP) is 3.02. The van der Waals surface area contributed by atoms with E-state index < -0.39 is 6.43 Å². The van der Waals surface area contributed by atoms with Gasteiger partial charge in [0.2, 0.25) is 0 Å². The average Bonchev–Trinajstić information content (AvgIpc) is 3.16. The third-order valence-electron chi connectivity index (χ3n) is 4.80. The Hall–Kier alpha value is -3.15. The number of nitrogens with zero attached hydrogens (tertiary/aromatic N) is 7.